The summed E-state index contributed by atoms with van der Waals surface area (Å²) in [5.41, 5.74) is 6.50. The Morgan fingerprint density at radius 3 is 2.60 bits per heavy atom. The molecule has 4 N–H and O–H groups in total. The van der Waals surface area contributed by atoms with Gasteiger partial charge in [0.25, 0.3) is 0 Å². The summed E-state index contributed by atoms with van der Waals surface area (Å²) in [6.45, 7) is 2.09. The Bertz CT molecular complexity index is 305. The number of unbranched alkanes of at least 4 members (excludes halogenated alkanes) is 1. The molecule has 0 heterocycles. The van der Waals surface area contributed by atoms with Crippen molar-refractivity contribution in [2.75, 3.05) is 0 Å². The van der Waals surface area contributed by atoms with E-state index in [1.165, 1.54) is 6.07 Å². The number of para-hydroxylation sites is 1. The number of benzene rings is 1. The normalized spacial score (nSPS) is 11.9. The molecule has 1 atom stereocenters. The summed E-state index contributed by atoms with van der Waals surface area (Å²) in [6, 6.07) is 4.69. The smallest absolute Gasteiger partial charge is 0.162 e. The van der Waals surface area contributed by atoms with Crippen molar-refractivity contribution >= 4 is 12.4 Å². The minimum absolute atomic E-state index is 0. The Kier molecular flexibility index (Phi) is 6.13. The van der Waals surface area contributed by atoms with Crippen molar-refractivity contribution in [3.8, 4) is 11.5 Å². The van der Waals surface area contributed by atoms with Crippen LogP contribution in [0.15, 0.2) is 18.2 Å². The fraction of sp³-hybridized carbons (Fsp3) is 0.455. The van der Waals surface area contributed by atoms with Crippen LogP contribution >= 0.6 is 12.4 Å². The number of rotatable bonds is 4. The van der Waals surface area contributed by atoms with E-state index < -0.39 is 0 Å². The molecule has 1 aromatic carbocycles. The summed E-state index contributed by atoms with van der Waals surface area (Å²) >= 11 is 0. The van der Waals surface area contributed by atoms with Gasteiger partial charge in [-0.3, -0.25) is 0 Å². The van der Waals surface area contributed by atoms with Crippen LogP contribution < -0.4 is 5.73 Å². The van der Waals surface area contributed by atoms with E-state index in [0.29, 0.717) is 5.56 Å². The van der Waals surface area contributed by atoms with Crippen molar-refractivity contribution < 1.29 is 10.2 Å². The zero-order valence-corrected chi connectivity index (χ0v) is 9.63. The van der Waals surface area contributed by atoms with Crippen molar-refractivity contribution in [2.24, 2.45) is 5.73 Å². The van der Waals surface area contributed by atoms with Gasteiger partial charge in [-0.25, -0.2) is 0 Å². The van der Waals surface area contributed by atoms with Gasteiger partial charge in [0.1, 0.15) is 0 Å². The summed E-state index contributed by atoms with van der Waals surface area (Å²) < 4.78 is 0. The highest BCUT2D eigenvalue weighted by Crippen LogP contribution is 2.33. The number of phenols is 2. The van der Waals surface area contributed by atoms with E-state index in [2.05, 4.69) is 6.92 Å². The topological polar surface area (TPSA) is 66.5 Å². The average Bonchev–Trinajstić information content (AvgIpc) is 2.18. The lowest BCUT2D eigenvalue weighted by Gasteiger charge is -2.13. The molecule has 0 saturated heterocycles. The molecule has 4 heteroatoms. The molecule has 0 aliphatic carbocycles. The fourth-order valence-electron chi connectivity index (χ4n) is 1.43. The van der Waals surface area contributed by atoms with Crippen molar-refractivity contribution in [1.82, 2.24) is 0 Å². The van der Waals surface area contributed by atoms with Gasteiger partial charge < -0.3 is 15.9 Å². The Morgan fingerprint density at radius 1 is 1.33 bits per heavy atom. The molecule has 0 saturated carbocycles. The SMILES string of the molecule is CCCC[C@@H](N)c1cccc(O)c1O.Cl. The van der Waals surface area contributed by atoms with Gasteiger partial charge in [0.15, 0.2) is 11.5 Å². The van der Waals surface area contributed by atoms with Gasteiger partial charge in [-0.1, -0.05) is 31.9 Å². The van der Waals surface area contributed by atoms with E-state index in [-0.39, 0.29) is 29.9 Å². The van der Waals surface area contributed by atoms with Crippen molar-refractivity contribution in [1.29, 1.82) is 0 Å². The number of nitrogens with two attached hydrogens (primary N) is 1. The van der Waals surface area contributed by atoms with Crippen LogP contribution in [0.4, 0.5) is 0 Å². The Hall–Kier alpha value is -0.930. The van der Waals surface area contributed by atoms with E-state index >= 15 is 0 Å². The predicted octanol–water partition coefficient (Wildman–Crippen LogP) is 2.71. The zero-order chi connectivity index (χ0) is 10.6. The van der Waals surface area contributed by atoms with Crippen LogP contribution in [-0.4, -0.2) is 10.2 Å². The minimum atomic E-state index is -0.193. The number of aromatic hydroxyl groups is 2. The van der Waals surface area contributed by atoms with Gasteiger partial charge in [-0.15, -0.1) is 12.4 Å². The number of phenolic OH excluding ortho intramolecular Hbond substituents is 2. The molecule has 0 spiro atoms. The largest absolute Gasteiger partial charge is 0.504 e. The zero-order valence-electron chi connectivity index (χ0n) is 8.81. The van der Waals surface area contributed by atoms with Gasteiger partial charge in [-0.05, 0) is 12.5 Å². The second kappa shape index (κ2) is 6.53. The highest BCUT2D eigenvalue weighted by atomic mass is 35.5. The average molecular weight is 232 g/mol. The van der Waals surface area contributed by atoms with Crippen LogP contribution in [0.25, 0.3) is 0 Å². The molecule has 0 fully saturated rings. The standard InChI is InChI=1S/C11H17NO2.ClH/c1-2-3-6-9(12)8-5-4-7-10(13)11(8)14;/h4-5,7,9,13-14H,2-3,6,12H2,1H3;1H/t9-;/m1./s1. The second-order valence-corrected chi connectivity index (χ2v) is 3.46. The highest BCUT2D eigenvalue weighted by molar-refractivity contribution is 5.85. The maximum atomic E-state index is 9.54. The van der Waals surface area contributed by atoms with Crippen LogP contribution in [0.2, 0.25) is 0 Å². The van der Waals surface area contributed by atoms with Gasteiger partial charge in [0.05, 0.1) is 0 Å². The van der Waals surface area contributed by atoms with E-state index in [1.54, 1.807) is 12.1 Å². The third-order valence-corrected chi connectivity index (χ3v) is 2.31. The van der Waals surface area contributed by atoms with Gasteiger partial charge in [-0.2, -0.15) is 0 Å². The molecule has 15 heavy (non-hydrogen) atoms. The number of hydrogen-bond donors (Lipinski definition) is 3. The summed E-state index contributed by atoms with van der Waals surface area (Å²) in [5, 5.41) is 18.8. The molecular weight excluding hydrogens is 214 g/mol. The first-order valence-electron chi connectivity index (χ1n) is 4.93. The lowest BCUT2D eigenvalue weighted by molar-refractivity contribution is 0.394. The maximum absolute atomic E-state index is 9.54. The Balaban J connectivity index is 0.00000196. The first kappa shape index (κ1) is 14.1. The van der Waals surface area contributed by atoms with Crippen LogP contribution in [0, 0.1) is 0 Å². The monoisotopic (exact) mass is 231 g/mol. The van der Waals surface area contributed by atoms with Gasteiger partial charge in [0.2, 0.25) is 0 Å². The molecule has 0 amide bonds. The first-order valence-corrected chi connectivity index (χ1v) is 4.93. The molecule has 0 radical (unpaired) electrons. The van der Waals surface area contributed by atoms with Crippen molar-refractivity contribution in [3.05, 3.63) is 23.8 Å². The fourth-order valence-corrected chi connectivity index (χ4v) is 1.43. The number of hydrogen-bond acceptors (Lipinski definition) is 3. The van der Waals surface area contributed by atoms with Gasteiger partial charge >= 0.3 is 0 Å². The third-order valence-electron chi connectivity index (χ3n) is 2.31. The molecule has 0 aliphatic rings. The Morgan fingerprint density at radius 2 is 2.00 bits per heavy atom. The summed E-state index contributed by atoms with van der Waals surface area (Å²) in [5.74, 6) is -0.189. The molecule has 0 unspecified atom stereocenters. The van der Waals surface area contributed by atoms with Gasteiger partial charge in [0, 0.05) is 11.6 Å². The summed E-state index contributed by atoms with van der Waals surface area (Å²) in [7, 11) is 0. The third kappa shape index (κ3) is 3.61. The lowest BCUT2D eigenvalue weighted by atomic mass is 10.0. The lowest BCUT2D eigenvalue weighted by Crippen LogP contribution is -2.10. The van der Waals surface area contributed by atoms with Crippen LogP contribution in [0.5, 0.6) is 11.5 Å². The first-order chi connectivity index (χ1) is 6.66. The van der Waals surface area contributed by atoms with Crippen molar-refractivity contribution in [3.63, 3.8) is 0 Å². The molecular formula is C11H18ClNO2. The molecule has 1 aromatic rings. The summed E-state index contributed by atoms with van der Waals surface area (Å²) in [6.07, 6.45) is 2.93. The van der Waals surface area contributed by atoms with Crippen LogP contribution in [-0.2, 0) is 0 Å². The van der Waals surface area contributed by atoms with Crippen LogP contribution in [0.1, 0.15) is 37.8 Å². The molecule has 0 aliphatic heterocycles. The quantitative estimate of drug-likeness (QED) is 0.698. The van der Waals surface area contributed by atoms with E-state index in [1.807, 2.05) is 0 Å². The maximum Gasteiger partial charge on any atom is 0.162 e. The predicted molar refractivity (Wildman–Crippen MR) is 63.5 cm³/mol. The van der Waals surface area contributed by atoms with Crippen molar-refractivity contribution in [2.45, 2.75) is 32.2 Å². The molecule has 3 nitrogen and oxygen atoms in total. The van der Waals surface area contributed by atoms with E-state index in [4.69, 9.17) is 5.73 Å². The van der Waals surface area contributed by atoms with Crippen LogP contribution in [0.3, 0.4) is 0 Å². The molecule has 0 aromatic heterocycles. The Labute approximate surface area is 96.3 Å². The van der Waals surface area contributed by atoms with E-state index in [9.17, 15) is 10.2 Å². The minimum Gasteiger partial charge on any atom is -0.504 e. The number of halogens is 1. The van der Waals surface area contributed by atoms with E-state index in [0.717, 1.165) is 19.3 Å². The summed E-state index contributed by atoms with van der Waals surface area (Å²) in [4.78, 5) is 0. The highest BCUT2D eigenvalue weighted by Gasteiger charge is 2.12. The second-order valence-electron chi connectivity index (χ2n) is 3.46. The molecule has 1 rings (SSSR count). The molecule has 0 bridgehead atoms. The molecule has 86 valence electrons.